The van der Waals surface area contributed by atoms with Crippen molar-refractivity contribution < 1.29 is 4.52 Å². The molecule has 1 aromatic rings. The average Bonchev–Trinajstić information content (AvgIpc) is 2.41. The molecule has 1 unspecified atom stereocenters. The first-order valence-corrected chi connectivity index (χ1v) is 5.47. The molecule has 0 fully saturated rings. The standard InChI is InChI=1S/C12H22N2O/c1-8(13-7-12(4,5)6)11-9(2)14-15-10(11)3/h8,13H,7H2,1-6H3. The molecule has 0 aromatic carbocycles. The van der Waals surface area contributed by atoms with Gasteiger partial charge in [0.15, 0.2) is 0 Å². The molecule has 0 spiro atoms. The summed E-state index contributed by atoms with van der Waals surface area (Å²) in [7, 11) is 0. The van der Waals surface area contributed by atoms with Crippen molar-refractivity contribution >= 4 is 0 Å². The van der Waals surface area contributed by atoms with Crippen molar-refractivity contribution in [1.82, 2.24) is 10.5 Å². The summed E-state index contributed by atoms with van der Waals surface area (Å²) in [5.41, 5.74) is 2.48. The highest BCUT2D eigenvalue weighted by Gasteiger charge is 2.18. The van der Waals surface area contributed by atoms with Crippen molar-refractivity contribution in [1.29, 1.82) is 0 Å². The zero-order valence-corrected chi connectivity index (χ0v) is 10.6. The van der Waals surface area contributed by atoms with Gasteiger partial charge in [-0.2, -0.15) is 0 Å². The van der Waals surface area contributed by atoms with Gasteiger partial charge in [0.2, 0.25) is 0 Å². The minimum Gasteiger partial charge on any atom is -0.361 e. The van der Waals surface area contributed by atoms with Crippen LogP contribution in [0.3, 0.4) is 0 Å². The van der Waals surface area contributed by atoms with Crippen molar-refractivity contribution in [2.75, 3.05) is 6.54 Å². The molecule has 0 bridgehead atoms. The third kappa shape index (κ3) is 3.34. The van der Waals surface area contributed by atoms with Gasteiger partial charge in [0, 0.05) is 18.2 Å². The SMILES string of the molecule is Cc1noc(C)c1C(C)NCC(C)(C)C. The first-order chi connectivity index (χ1) is 6.81. The number of hydrogen-bond acceptors (Lipinski definition) is 3. The Hall–Kier alpha value is -0.830. The lowest BCUT2D eigenvalue weighted by atomic mass is 9.96. The first kappa shape index (κ1) is 12.2. The first-order valence-electron chi connectivity index (χ1n) is 5.47. The van der Waals surface area contributed by atoms with Crippen molar-refractivity contribution in [3.8, 4) is 0 Å². The van der Waals surface area contributed by atoms with Crippen molar-refractivity contribution in [2.24, 2.45) is 5.41 Å². The fourth-order valence-corrected chi connectivity index (χ4v) is 1.67. The van der Waals surface area contributed by atoms with Crippen LogP contribution in [-0.4, -0.2) is 11.7 Å². The summed E-state index contributed by atoms with van der Waals surface area (Å²) in [6, 6.07) is 0.301. The van der Waals surface area contributed by atoms with Crippen LogP contribution >= 0.6 is 0 Å². The van der Waals surface area contributed by atoms with Crippen LogP contribution < -0.4 is 5.32 Å². The second kappa shape index (κ2) is 4.35. The van der Waals surface area contributed by atoms with Gasteiger partial charge in [-0.15, -0.1) is 0 Å². The molecule has 15 heavy (non-hydrogen) atoms. The van der Waals surface area contributed by atoms with Gasteiger partial charge in [-0.3, -0.25) is 0 Å². The van der Waals surface area contributed by atoms with E-state index < -0.39 is 0 Å². The van der Waals surface area contributed by atoms with E-state index in [0.29, 0.717) is 11.5 Å². The Morgan fingerprint density at radius 2 is 1.93 bits per heavy atom. The second-order valence-electron chi connectivity index (χ2n) is 5.40. The molecule has 1 heterocycles. The van der Waals surface area contributed by atoms with Crippen LogP contribution in [0.15, 0.2) is 4.52 Å². The van der Waals surface area contributed by atoms with E-state index in [0.717, 1.165) is 18.0 Å². The van der Waals surface area contributed by atoms with Gasteiger partial charge in [0.05, 0.1) is 5.69 Å². The van der Waals surface area contributed by atoms with Gasteiger partial charge < -0.3 is 9.84 Å². The molecule has 0 aliphatic carbocycles. The number of hydrogen-bond donors (Lipinski definition) is 1. The van der Waals surface area contributed by atoms with Crippen molar-refractivity contribution in [3.05, 3.63) is 17.0 Å². The molecule has 86 valence electrons. The lowest BCUT2D eigenvalue weighted by molar-refractivity contribution is 0.356. The van der Waals surface area contributed by atoms with Crippen LogP contribution in [-0.2, 0) is 0 Å². The molecule has 0 saturated heterocycles. The predicted octanol–water partition coefficient (Wildman–Crippen LogP) is 2.99. The summed E-state index contributed by atoms with van der Waals surface area (Å²) in [6.45, 7) is 13.8. The van der Waals surface area contributed by atoms with Crippen LogP contribution in [0.5, 0.6) is 0 Å². The normalized spacial score (nSPS) is 14.3. The minimum absolute atomic E-state index is 0.299. The van der Waals surface area contributed by atoms with Crippen LogP contribution in [0, 0.1) is 19.3 Å². The largest absolute Gasteiger partial charge is 0.361 e. The number of aryl methyl sites for hydroxylation is 2. The zero-order chi connectivity index (χ0) is 11.6. The highest BCUT2D eigenvalue weighted by molar-refractivity contribution is 5.24. The number of rotatable bonds is 3. The van der Waals surface area contributed by atoms with Crippen LogP contribution in [0.2, 0.25) is 0 Å². The molecule has 1 atom stereocenters. The number of nitrogens with one attached hydrogen (secondary N) is 1. The van der Waals surface area contributed by atoms with Crippen LogP contribution in [0.4, 0.5) is 0 Å². The Morgan fingerprint density at radius 3 is 2.33 bits per heavy atom. The molecule has 1 rings (SSSR count). The maximum absolute atomic E-state index is 5.16. The maximum Gasteiger partial charge on any atom is 0.138 e. The van der Waals surface area contributed by atoms with E-state index in [-0.39, 0.29) is 0 Å². The van der Waals surface area contributed by atoms with Gasteiger partial charge in [-0.05, 0) is 26.2 Å². The van der Waals surface area contributed by atoms with E-state index in [1.165, 1.54) is 5.56 Å². The van der Waals surface area contributed by atoms with E-state index in [9.17, 15) is 0 Å². The molecular weight excluding hydrogens is 188 g/mol. The fraction of sp³-hybridized carbons (Fsp3) is 0.750. The number of aromatic nitrogens is 1. The highest BCUT2D eigenvalue weighted by atomic mass is 16.5. The summed E-state index contributed by atoms with van der Waals surface area (Å²) < 4.78 is 5.16. The molecule has 0 aliphatic rings. The molecule has 0 radical (unpaired) electrons. The Balaban J connectivity index is 2.65. The average molecular weight is 210 g/mol. The number of nitrogens with zero attached hydrogens (tertiary/aromatic N) is 1. The van der Waals surface area contributed by atoms with Gasteiger partial charge in [-0.25, -0.2) is 0 Å². The summed E-state index contributed by atoms with van der Waals surface area (Å²) in [4.78, 5) is 0. The quantitative estimate of drug-likeness (QED) is 0.833. The Kier molecular flexibility index (Phi) is 3.55. The van der Waals surface area contributed by atoms with E-state index in [1.54, 1.807) is 0 Å². The predicted molar refractivity (Wildman–Crippen MR) is 61.8 cm³/mol. The topological polar surface area (TPSA) is 38.1 Å². The van der Waals surface area contributed by atoms with Crippen LogP contribution in [0.1, 0.15) is 50.8 Å². The zero-order valence-electron chi connectivity index (χ0n) is 10.6. The molecule has 1 N–H and O–H groups in total. The Labute approximate surface area is 92.2 Å². The van der Waals surface area contributed by atoms with E-state index in [1.807, 2.05) is 13.8 Å². The molecule has 3 nitrogen and oxygen atoms in total. The van der Waals surface area contributed by atoms with Crippen molar-refractivity contribution in [3.63, 3.8) is 0 Å². The Bertz CT molecular complexity index is 303. The highest BCUT2D eigenvalue weighted by Crippen LogP contribution is 2.22. The molecule has 0 aliphatic heterocycles. The smallest absolute Gasteiger partial charge is 0.138 e. The minimum atomic E-state index is 0.299. The third-order valence-electron chi connectivity index (χ3n) is 2.46. The fourth-order valence-electron chi connectivity index (χ4n) is 1.67. The van der Waals surface area contributed by atoms with Gasteiger partial charge in [0.1, 0.15) is 5.76 Å². The summed E-state index contributed by atoms with van der Waals surface area (Å²) in [6.07, 6.45) is 0. The third-order valence-corrected chi connectivity index (χ3v) is 2.46. The molecule has 0 saturated carbocycles. The second-order valence-corrected chi connectivity index (χ2v) is 5.40. The van der Waals surface area contributed by atoms with E-state index in [2.05, 4.69) is 38.2 Å². The monoisotopic (exact) mass is 210 g/mol. The molecule has 0 amide bonds. The van der Waals surface area contributed by atoms with E-state index in [4.69, 9.17) is 4.52 Å². The lowest BCUT2D eigenvalue weighted by Crippen LogP contribution is -2.29. The van der Waals surface area contributed by atoms with Gasteiger partial charge in [-0.1, -0.05) is 25.9 Å². The Morgan fingerprint density at radius 1 is 1.33 bits per heavy atom. The molecular formula is C12H22N2O. The van der Waals surface area contributed by atoms with Crippen LogP contribution in [0.25, 0.3) is 0 Å². The van der Waals surface area contributed by atoms with Gasteiger partial charge in [0.25, 0.3) is 0 Å². The van der Waals surface area contributed by atoms with Crippen molar-refractivity contribution in [2.45, 2.75) is 47.6 Å². The maximum atomic E-state index is 5.16. The lowest BCUT2D eigenvalue weighted by Gasteiger charge is -2.22. The molecule has 1 aromatic heterocycles. The summed E-state index contributed by atoms with van der Waals surface area (Å²) >= 11 is 0. The summed E-state index contributed by atoms with van der Waals surface area (Å²) in [5, 5.41) is 7.47. The van der Waals surface area contributed by atoms with Gasteiger partial charge >= 0.3 is 0 Å². The molecule has 3 heteroatoms. The summed E-state index contributed by atoms with van der Waals surface area (Å²) in [5.74, 6) is 0.918. The van der Waals surface area contributed by atoms with E-state index >= 15 is 0 Å².